The van der Waals surface area contributed by atoms with Crippen molar-refractivity contribution in [2.75, 3.05) is 32.1 Å². The van der Waals surface area contributed by atoms with Crippen LogP contribution < -0.4 is 4.90 Å². The number of rotatable bonds is 6. The average Bonchev–Trinajstić information content (AvgIpc) is 3.27. The predicted molar refractivity (Wildman–Crippen MR) is 126 cm³/mol. The quantitative estimate of drug-likeness (QED) is 0.372. The number of carbonyl (C=O) groups is 1. The molecule has 0 aliphatic heterocycles. The van der Waals surface area contributed by atoms with Crippen LogP contribution in [0, 0.1) is 0 Å². The summed E-state index contributed by atoms with van der Waals surface area (Å²) in [6.07, 6.45) is 0.848. The second-order valence-corrected chi connectivity index (χ2v) is 9.19. The molecule has 2 aromatic heterocycles. The van der Waals surface area contributed by atoms with E-state index in [1.807, 2.05) is 56.6 Å². The van der Waals surface area contributed by atoms with Crippen LogP contribution in [0.25, 0.3) is 20.4 Å². The lowest BCUT2D eigenvalue weighted by molar-refractivity contribution is 0.0986. The van der Waals surface area contributed by atoms with Crippen molar-refractivity contribution in [3.8, 4) is 0 Å². The van der Waals surface area contributed by atoms with Gasteiger partial charge >= 0.3 is 0 Å². The second kappa shape index (κ2) is 9.36. The maximum Gasteiger partial charge on any atom is 0.289 e. The standard InChI is InChI=1S/C20H19ClN4OS2.ClH/c1-24(2)10-5-11-25(20-23-15-9-8-13(21)12-17(15)28-20)19(26)18-22-14-6-3-4-7-16(14)27-18;/h3-4,6-9,12H,5,10-11H2,1-2H3;1H. The molecular weight excluding hydrogens is 447 g/mol. The Labute approximate surface area is 188 Å². The molecule has 29 heavy (non-hydrogen) atoms. The minimum absolute atomic E-state index is 0. The van der Waals surface area contributed by atoms with E-state index < -0.39 is 0 Å². The van der Waals surface area contributed by atoms with E-state index in [0.717, 1.165) is 33.4 Å². The number of hydrogen-bond donors (Lipinski definition) is 0. The number of thiazole rings is 2. The Morgan fingerprint density at radius 1 is 1.00 bits per heavy atom. The molecule has 0 unspecified atom stereocenters. The van der Waals surface area contributed by atoms with Crippen molar-refractivity contribution in [3.05, 3.63) is 52.5 Å². The van der Waals surface area contributed by atoms with E-state index in [1.165, 1.54) is 22.7 Å². The molecule has 0 N–H and O–H groups in total. The zero-order valence-electron chi connectivity index (χ0n) is 16.0. The van der Waals surface area contributed by atoms with E-state index in [2.05, 4.69) is 14.9 Å². The molecule has 0 saturated carbocycles. The molecule has 0 spiro atoms. The third-order valence-corrected chi connectivity index (χ3v) is 6.58. The summed E-state index contributed by atoms with van der Waals surface area (Å²) in [5.74, 6) is -0.106. The lowest BCUT2D eigenvalue weighted by atomic mass is 10.3. The van der Waals surface area contributed by atoms with E-state index in [0.29, 0.717) is 21.7 Å². The number of nitrogens with zero attached hydrogens (tertiary/aromatic N) is 4. The molecule has 0 atom stereocenters. The lowest BCUT2D eigenvalue weighted by Gasteiger charge is -2.19. The van der Waals surface area contributed by atoms with Crippen LogP contribution in [0.2, 0.25) is 5.02 Å². The SMILES string of the molecule is CN(C)CCCN(C(=O)c1nc2ccccc2s1)c1nc2ccc(Cl)cc2s1.Cl. The van der Waals surface area contributed by atoms with Gasteiger partial charge in [0, 0.05) is 11.6 Å². The van der Waals surface area contributed by atoms with Crippen LogP contribution in [0.5, 0.6) is 0 Å². The fraction of sp³-hybridized carbons (Fsp3) is 0.250. The van der Waals surface area contributed by atoms with Crippen molar-refractivity contribution in [1.29, 1.82) is 0 Å². The maximum atomic E-state index is 13.3. The van der Waals surface area contributed by atoms with E-state index in [4.69, 9.17) is 11.6 Å². The van der Waals surface area contributed by atoms with Gasteiger partial charge in [-0.3, -0.25) is 9.69 Å². The molecular formula is C20H20Cl2N4OS2. The van der Waals surface area contributed by atoms with Crippen LogP contribution in [-0.4, -0.2) is 48.0 Å². The molecule has 5 nitrogen and oxygen atoms in total. The third kappa shape index (κ3) is 4.87. The highest BCUT2D eigenvalue weighted by Crippen LogP contribution is 2.32. The van der Waals surface area contributed by atoms with Gasteiger partial charge < -0.3 is 4.90 Å². The number of anilines is 1. The minimum Gasteiger partial charge on any atom is -0.309 e. The number of hydrogen-bond acceptors (Lipinski definition) is 6. The zero-order chi connectivity index (χ0) is 19.7. The number of halogens is 2. The second-order valence-electron chi connectivity index (χ2n) is 6.71. The smallest absolute Gasteiger partial charge is 0.289 e. The summed E-state index contributed by atoms with van der Waals surface area (Å²) in [6, 6.07) is 13.4. The van der Waals surface area contributed by atoms with Gasteiger partial charge in [-0.25, -0.2) is 9.97 Å². The Morgan fingerprint density at radius 3 is 2.52 bits per heavy atom. The van der Waals surface area contributed by atoms with Gasteiger partial charge in [0.2, 0.25) is 0 Å². The third-order valence-electron chi connectivity index (χ3n) is 4.28. The van der Waals surface area contributed by atoms with E-state index in [-0.39, 0.29) is 18.3 Å². The van der Waals surface area contributed by atoms with Crippen LogP contribution in [-0.2, 0) is 0 Å². The summed E-state index contributed by atoms with van der Waals surface area (Å²) < 4.78 is 1.98. The average molecular weight is 467 g/mol. The highest BCUT2D eigenvalue weighted by atomic mass is 35.5. The number of amides is 1. The first-order chi connectivity index (χ1) is 13.5. The maximum absolute atomic E-state index is 13.3. The van der Waals surface area contributed by atoms with Gasteiger partial charge in [-0.15, -0.1) is 23.7 Å². The fourth-order valence-electron chi connectivity index (χ4n) is 2.91. The van der Waals surface area contributed by atoms with Gasteiger partial charge in [0.25, 0.3) is 5.91 Å². The van der Waals surface area contributed by atoms with Crippen LogP contribution >= 0.6 is 46.7 Å². The normalized spacial score (nSPS) is 11.2. The molecule has 0 fully saturated rings. The minimum atomic E-state index is -0.106. The number of benzene rings is 2. The highest BCUT2D eigenvalue weighted by Gasteiger charge is 2.24. The van der Waals surface area contributed by atoms with Crippen LogP contribution in [0.1, 0.15) is 16.2 Å². The van der Waals surface area contributed by atoms with Crippen molar-refractivity contribution < 1.29 is 4.79 Å². The summed E-state index contributed by atoms with van der Waals surface area (Å²) in [4.78, 5) is 26.4. The molecule has 2 aromatic carbocycles. The Kier molecular flexibility index (Phi) is 7.08. The molecule has 0 bridgehead atoms. The molecule has 152 valence electrons. The van der Waals surface area contributed by atoms with E-state index in [9.17, 15) is 4.79 Å². The van der Waals surface area contributed by atoms with E-state index >= 15 is 0 Å². The van der Waals surface area contributed by atoms with Crippen molar-refractivity contribution in [3.63, 3.8) is 0 Å². The van der Waals surface area contributed by atoms with Gasteiger partial charge in [-0.05, 0) is 57.4 Å². The Morgan fingerprint density at radius 2 is 1.76 bits per heavy atom. The van der Waals surface area contributed by atoms with Crippen LogP contribution in [0.4, 0.5) is 5.13 Å². The summed E-state index contributed by atoms with van der Waals surface area (Å²) >= 11 is 9.02. The Balaban J connectivity index is 0.00000240. The first-order valence-electron chi connectivity index (χ1n) is 8.89. The lowest BCUT2D eigenvalue weighted by Crippen LogP contribution is -2.33. The molecule has 0 saturated heterocycles. The Bertz CT molecular complexity index is 1110. The summed E-state index contributed by atoms with van der Waals surface area (Å²) in [7, 11) is 4.05. The fourth-order valence-corrected chi connectivity index (χ4v) is 5.09. The van der Waals surface area contributed by atoms with Crippen molar-refractivity contribution in [1.82, 2.24) is 14.9 Å². The highest BCUT2D eigenvalue weighted by molar-refractivity contribution is 7.23. The molecule has 0 aliphatic rings. The van der Waals surface area contributed by atoms with Crippen molar-refractivity contribution in [2.45, 2.75) is 6.42 Å². The summed E-state index contributed by atoms with van der Waals surface area (Å²) in [6.45, 7) is 1.47. The van der Waals surface area contributed by atoms with Crippen LogP contribution in [0.15, 0.2) is 42.5 Å². The molecule has 9 heteroatoms. The summed E-state index contributed by atoms with van der Waals surface area (Å²) in [5, 5.41) is 1.84. The first kappa shape index (κ1) is 21.9. The zero-order valence-corrected chi connectivity index (χ0v) is 19.2. The van der Waals surface area contributed by atoms with Gasteiger partial charge in [0.1, 0.15) is 0 Å². The largest absolute Gasteiger partial charge is 0.309 e. The van der Waals surface area contributed by atoms with Gasteiger partial charge in [0.15, 0.2) is 10.1 Å². The van der Waals surface area contributed by atoms with Gasteiger partial charge in [-0.2, -0.15) is 0 Å². The van der Waals surface area contributed by atoms with Gasteiger partial charge in [-0.1, -0.05) is 35.1 Å². The number of aromatic nitrogens is 2. The first-order valence-corrected chi connectivity index (χ1v) is 10.9. The van der Waals surface area contributed by atoms with Crippen molar-refractivity contribution >= 4 is 78.2 Å². The van der Waals surface area contributed by atoms with Crippen molar-refractivity contribution in [2.24, 2.45) is 0 Å². The monoisotopic (exact) mass is 466 g/mol. The number of fused-ring (bicyclic) bond motifs is 2. The molecule has 2 heterocycles. The number of carbonyl (C=O) groups excluding carboxylic acids is 1. The Hall–Kier alpha value is -1.77. The predicted octanol–water partition coefficient (Wildman–Crippen LogP) is 5.58. The molecule has 4 aromatic rings. The summed E-state index contributed by atoms with van der Waals surface area (Å²) in [5.41, 5.74) is 1.69. The van der Waals surface area contributed by atoms with Crippen LogP contribution in [0.3, 0.4) is 0 Å². The van der Waals surface area contributed by atoms with E-state index in [1.54, 1.807) is 4.90 Å². The van der Waals surface area contributed by atoms with Gasteiger partial charge in [0.05, 0.1) is 20.4 Å². The molecule has 0 radical (unpaired) electrons. The molecule has 1 amide bonds. The molecule has 4 rings (SSSR count). The molecule has 0 aliphatic carbocycles. The topological polar surface area (TPSA) is 49.3 Å². The number of para-hydroxylation sites is 1.